The predicted molar refractivity (Wildman–Crippen MR) is 85.7 cm³/mol. The van der Waals surface area contributed by atoms with E-state index in [1.807, 2.05) is 6.07 Å². The number of halogens is 1. The van der Waals surface area contributed by atoms with Crippen LogP contribution in [0.2, 0.25) is 5.02 Å². The van der Waals surface area contributed by atoms with Crippen molar-refractivity contribution in [2.75, 3.05) is 12.4 Å². The van der Waals surface area contributed by atoms with Crippen LogP contribution < -0.4 is 10.1 Å². The first-order chi connectivity index (χ1) is 11.2. The number of benzene rings is 1. The average molecular weight is 330 g/mol. The average Bonchev–Trinajstić information content (AvgIpc) is 3.06. The Morgan fingerprint density at radius 2 is 2.13 bits per heavy atom. The van der Waals surface area contributed by atoms with Crippen LogP contribution in [0, 0.1) is 0 Å². The monoisotopic (exact) mass is 329 g/mol. The summed E-state index contributed by atoms with van der Waals surface area (Å²) in [5.74, 6) is 0.534. The minimum absolute atomic E-state index is 0.163. The van der Waals surface area contributed by atoms with Gasteiger partial charge < -0.3 is 14.6 Å². The zero-order chi connectivity index (χ0) is 16.2. The predicted octanol–water partition coefficient (Wildman–Crippen LogP) is 3.65. The van der Waals surface area contributed by atoms with Crippen LogP contribution in [0.25, 0.3) is 11.3 Å². The number of nitrogens with one attached hydrogen (secondary N) is 1. The molecule has 116 valence electrons. The number of carbonyl (C=O) groups excluding carboxylic acids is 1. The molecule has 1 amide bonds. The minimum Gasteiger partial charge on any atom is -0.481 e. The Kier molecular flexibility index (Phi) is 4.25. The normalized spacial score (nSPS) is 10.3. The minimum atomic E-state index is -0.394. The van der Waals surface area contributed by atoms with Gasteiger partial charge in [-0.1, -0.05) is 28.9 Å². The molecule has 6 nitrogen and oxygen atoms in total. The molecule has 0 fully saturated rings. The van der Waals surface area contributed by atoms with E-state index < -0.39 is 5.91 Å². The molecule has 0 atom stereocenters. The fraction of sp³-hybridized carbons (Fsp3) is 0.0625. The summed E-state index contributed by atoms with van der Waals surface area (Å²) in [6.45, 7) is 0. The van der Waals surface area contributed by atoms with E-state index in [0.717, 1.165) is 5.56 Å². The number of nitrogens with zero attached hydrogens (tertiary/aromatic N) is 2. The van der Waals surface area contributed by atoms with E-state index in [0.29, 0.717) is 22.4 Å². The number of hydrogen-bond acceptors (Lipinski definition) is 5. The summed E-state index contributed by atoms with van der Waals surface area (Å²) in [6.07, 6.45) is 1.49. The number of carbonyl (C=O) groups is 1. The van der Waals surface area contributed by atoms with Crippen LogP contribution in [0.5, 0.6) is 5.88 Å². The van der Waals surface area contributed by atoms with Crippen LogP contribution in [0.15, 0.2) is 53.2 Å². The zero-order valence-electron chi connectivity index (χ0n) is 12.1. The lowest BCUT2D eigenvalue weighted by molar-refractivity contribution is 0.101. The fourth-order valence-corrected chi connectivity index (χ4v) is 2.12. The van der Waals surface area contributed by atoms with Crippen molar-refractivity contribution in [3.63, 3.8) is 0 Å². The SMILES string of the molecule is COc1ccc(NC(=O)c2cc(-c3cccc(Cl)c3)on2)cn1. The van der Waals surface area contributed by atoms with Crippen LogP contribution in [0.3, 0.4) is 0 Å². The van der Waals surface area contributed by atoms with Gasteiger partial charge in [-0.2, -0.15) is 0 Å². The smallest absolute Gasteiger partial charge is 0.277 e. The van der Waals surface area contributed by atoms with Crippen molar-refractivity contribution in [2.45, 2.75) is 0 Å². The third kappa shape index (κ3) is 3.49. The number of pyridine rings is 1. The van der Waals surface area contributed by atoms with Gasteiger partial charge in [0.1, 0.15) is 0 Å². The van der Waals surface area contributed by atoms with Gasteiger partial charge in [0.15, 0.2) is 11.5 Å². The van der Waals surface area contributed by atoms with Crippen molar-refractivity contribution in [3.05, 3.63) is 59.4 Å². The molecule has 23 heavy (non-hydrogen) atoms. The van der Waals surface area contributed by atoms with Crippen LogP contribution in [0.4, 0.5) is 5.69 Å². The van der Waals surface area contributed by atoms with Crippen molar-refractivity contribution in [1.82, 2.24) is 10.1 Å². The first kappa shape index (κ1) is 15.1. The van der Waals surface area contributed by atoms with Gasteiger partial charge in [0.25, 0.3) is 5.91 Å². The lowest BCUT2D eigenvalue weighted by Gasteiger charge is -2.03. The highest BCUT2D eigenvalue weighted by molar-refractivity contribution is 6.30. The van der Waals surface area contributed by atoms with Gasteiger partial charge in [-0.3, -0.25) is 4.79 Å². The van der Waals surface area contributed by atoms with Gasteiger partial charge in [-0.15, -0.1) is 0 Å². The third-order valence-corrected chi connectivity index (χ3v) is 3.29. The molecule has 1 aromatic carbocycles. The summed E-state index contributed by atoms with van der Waals surface area (Å²) < 4.78 is 10.2. The molecular weight excluding hydrogens is 318 g/mol. The summed E-state index contributed by atoms with van der Waals surface area (Å²) >= 11 is 5.94. The summed E-state index contributed by atoms with van der Waals surface area (Å²) in [5.41, 5.74) is 1.44. The highest BCUT2D eigenvalue weighted by Crippen LogP contribution is 2.23. The Morgan fingerprint density at radius 1 is 1.26 bits per heavy atom. The topological polar surface area (TPSA) is 77.2 Å². The number of amides is 1. The molecule has 2 heterocycles. The van der Waals surface area contributed by atoms with Crippen LogP contribution in [0.1, 0.15) is 10.5 Å². The first-order valence-electron chi connectivity index (χ1n) is 6.70. The molecule has 7 heteroatoms. The highest BCUT2D eigenvalue weighted by atomic mass is 35.5. The molecule has 2 aromatic heterocycles. The Hall–Kier alpha value is -2.86. The standard InChI is InChI=1S/C16H12ClN3O3/c1-22-15-6-5-12(9-18-15)19-16(21)13-8-14(23-20-13)10-3-2-4-11(17)7-10/h2-9H,1H3,(H,19,21). The number of aromatic nitrogens is 2. The molecule has 0 aliphatic rings. The Balaban J connectivity index is 1.75. The molecule has 0 spiro atoms. The van der Waals surface area contributed by atoms with Gasteiger partial charge in [-0.25, -0.2) is 4.98 Å². The number of hydrogen-bond donors (Lipinski definition) is 1. The van der Waals surface area contributed by atoms with Crippen LogP contribution >= 0.6 is 11.6 Å². The molecule has 0 bridgehead atoms. The Labute approximate surface area is 137 Å². The molecule has 3 rings (SSSR count). The zero-order valence-corrected chi connectivity index (χ0v) is 12.9. The Morgan fingerprint density at radius 3 is 2.83 bits per heavy atom. The largest absolute Gasteiger partial charge is 0.481 e. The first-order valence-corrected chi connectivity index (χ1v) is 7.07. The second kappa shape index (κ2) is 6.50. The van der Waals surface area contributed by atoms with Crippen LogP contribution in [-0.2, 0) is 0 Å². The molecule has 0 radical (unpaired) electrons. The second-order valence-electron chi connectivity index (χ2n) is 4.63. The van der Waals surface area contributed by atoms with Gasteiger partial charge in [-0.05, 0) is 18.2 Å². The maximum absolute atomic E-state index is 12.2. The summed E-state index contributed by atoms with van der Waals surface area (Å²) in [7, 11) is 1.52. The van der Waals surface area contributed by atoms with E-state index in [4.69, 9.17) is 20.9 Å². The van der Waals surface area contributed by atoms with Gasteiger partial charge >= 0.3 is 0 Å². The second-order valence-corrected chi connectivity index (χ2v) is 5.07. The molecule has 0 aliphatic carbocycles. The van der Waals surface area contributed by atoms with E-state index >= 15 is 0 Å². The van der Waals surface area contributed by atoms with Crippen molar-refractivity contribution in [2.24, 2.45) is 0 Å². The van der Waals surface area contributed by atoms with Crippen molar-refractivity contribution >= 4 is 23.2 Å². The Bertz CT molecular complexity index is 831. The third-order valence-electron chi connectivity index (χ3n) is 3.06. The van der Waals surface area contributed by atoms with Gasteiger partial charge in [0.05, 0.1) is 19.0 Å². The molecule has 0 unspecified atom stereocenters. The number of methoxy groups -OCH3 is 1. The van der Waals surface area contributed by atoms with Gasteiger partial charge in [0.2, 0.25) is 5.88 Å². The number of rotatable bonds is 4. The van der Waals surface area contributed by atoms with Crippen molar-refractivity contribution in [3.8, 4) is 17.2 Å². The summed E-state index contributed by atoms with van der Waals surface area (Å²) in [4.78, 5) is 16.2. The number of anilines is 1. The number of ether oxygens (including phenoxy) is 1. The van der Waals surface area contributed by atoms with Gasteiger partial charge in [0, 0.05) is 22.7 Å². The van der Waals surface area contributed by atoms with E-state index in [1.54, 1.807) is 36.4 Å². The molecule has 1 N–H and O–H groups in total. The lowest BCUT2D eigenvalue weighted by atomic mass is 10.1. The maximum atomic E-state index is 12.2. The van der Waals surface area contributed by atoms with E-state index in [-0.39, 0.29) is 5.69 Å². The lowest BCUT2D eigenvalue weighted by Crippen LogP contribution is -2.12. The van der Waals surface area contributed by atoms with E-state index in [1.165, 1.54) is 13.3 Å². The van der Waals surface area contributed by atoms with E-state index in [2.05, 4.69) is 15.5 Å². The molecule has 0 aliphatic heterocycles. The van der Waals surface area contributed by atoms with Crippen molar-refractivity contribution < 1.29 is 14.1 Å². The van der Waals surface area contributed by atoms with E-state index in [9.17, 15) is 4.79 Å². The summed E-state index contributed by atoms with van der Waals surface area (Å²) in [5, 5.41) is 7.03. The fourth-order valence-electron chi connectivity index (χ4n) is 1.93. The van der Waals surface area contributed by atoms with Crippen LogP contribution in [-0.4, -0.2) is 23.2 Å². The molecule has 3 aromatic rings. The molecule has 0 saturated heterocycles. The maximum Gasteiger partial charge on any atom is 0.277 e. The molecule has 0 saturated carbocycles. The van der Waals surface area contributed by atoms with Crippen molar-refractivity contribution in [1.29, 1.82) is 0 Å². The quantitative estimate of drug-likeness (QED) is 0.790. The highest BCUT2D eigenvalue weighted by Gasteiger charge is 2.14. The summed E-state index contributed by atoms with van der Waals surface area (Å²) in [6, 6.07) is 12.0. The molecular formula is C16H12ClN3O3.